The number of anilines is 1. The van der Waals surface area contributed by atoms with E-state index < -0.39 is 0 Å². The first-order valence-electron chi connectivity index (χ1n) is 5.16. The van der Waals surface area contributed by atoms with Crippen molar-refractivity contribution in [2.75, 3.05) is 19.0 Å². The number of carbonyl (C=O) groups is 2. The number of amides is 1. The van der Waals surface area contributed by atoms with Crippen molar-refractivity contribution in [1.82, 2.24) is 5.32 Å². The molecule has 0 aliphatic carbocycles. The van der Waals surface area contributed by atoms with E-state index in [2.05, 4.69) is 5.32 Å². The number of Topliss-reactive ketones (excluding diaryl/α,β-unsaturated/α-hetero) is 1. The Morgan fingerprint density at radius 1 is 1.41 bits per heavy atom. The Hall–Kier alpha value is -1.01. The van der Waals surface area contributed by atoms with Crippen LogP contribution in [0.2, 0.25) is 0 Å². The molecule has 1 rings (SSSR count). The number of thiophene rings is 1. The summed E-state index contributed by atoms with van der Waals surface area (Å²) in [4.78, 5) is 24.1. The van der Waals surface area contributed by atoms with Crippen molar-refractivity contribution in [3.63, 3.8) is 0 Å². The molecule has 4 nitrogen and oxygen atoms in total. The molecule has 0 aromatic carbocycles. The maximum absolute atomic E-state index is 11.9. The number of carbonyl (C=O) groups excluding carboxylic acids is 2. The van der Waals surface area contributed by atoms with Gasteiger partial charge in [-0.1, -0.05) is 13.8 Å². The topological polar surface area (TPSA) is 72.2 Å². The van der Waals surface area contributed by atoms with E-state index in [1.165, 1.54) is 23.1 Å². The van der Waals surface area contributed by atoms with Crippen molar-refractivity contribution in [2.24, 2.45) is 5.92 Å². The Balaban J connectivity index is 3.33. The first-order valence-corrected chi connectivity index (χ1v) is 7.20. The van der Waals surface area contributed by atoms with E-state index in [1.807, 2.05) is 20.1 Å². The number of thioether (sulfide) groups is 1. The Kier molecular flexibility index (Phi) is 4.59. The zero-order chi connectivity index (χ0) is 13.2. The van der Waals surface area contributed by atoms with Gasteiger partial charge in [0.25, 0.3) is 5.91 Å². The molecular formula is C11H16N2O2S2. The van der Waals surface area contributed by atoms with Crippen LogP contribution in [0.1, 0.15) is 33.9 Å². The van der Waals surface area contributed by atoms with Gasteiger partial charge in [-0.3, -0.25) is 9.59 Å². The highest BCUT2D eigenvalue weighted by atomic mass is 32.2. The van der Waals surface area contributed by atoms with Gasteiger partial charge in [-0.2, -0.15) is 0 Å². The van der Waals surface area contributed by atoms with Crippen molar-refractivity contribution in [1.29, 1.82) is 0 Å². The van der Waals surface area contributed by atoms with Crippen molar-refractivity contribution >= 4 is 40.5 Å². The average Bonchev–Trinajstić information content (AvgIpc) is 2.64. The van der Waals surface area contributed by atoms with Gasteiger partial charge in [-0.05, 0) is 6.26 Å². The number of nitrogens with two attached hydrogens (primary N) is 1. The quantitative estimate of drug-likeness (QED) is 0.651. The molecule has 0 aliphatic rings. The van der Waals surface area contributed by atoms with Crippen LogP contribution in [0.15, 0.2) is 4.21 Å². The maximum atomic E-state index is 11.9. The van der Waals surface area contributed by atoms with Gasteiger partial charge in [-0.25, -0.2) is 0 Å². The highest BCUT2D eigenvalue weighted by Gasteiger charge is 2.25. The molecule has 0 saturated heterocycles. The van der Waals surface area contributed by atoms with Crippen molar-refractivity contribution < 1.29 is 9.59 Å². The second-order valence-electron chi connectivity index (χ2n) is 3.81. The van der Waals surface area contributed by atoms with E-state index in [1.54, 1.807) is 7.05 Å². The number of ketones is 1. The molecule has 0 spiro atoms. The summed E-state index contributed by atoms with van der Waals surface area (Å²) in [6, 6.07) is 0. The summed E-state index contributed by atoms with van der Waals surface area (Å²) >= 11 is 2.72. The minimum Gasteiger partial charge on any atom is -0.397 e. The highest BCUT2D eigenvalue weighted by molar-refractivity contribution is 8.00. The standard InChI is InChI=1S/C11H16N2O2S2/c1-5(2)8(14)9-7(12)6(10(15)13-3)11(16-4)17-9/h5H,12H2,1-4H3,(H,13,15). The Morgan fingerprint density at radius 3 is 2.41 bits per heavy atom. The second-order valence-corrected chi connectivity index (χ2v) is 5.91. The smallest absolute Gasteiger partial charge is 0.255 e. The Bertz CT molecular complexity index is 453. The fraction of sp³-hybridized carbons (Fsp3) is 0.455. The number of hydrogen-bond acceptors (Lipinski definition) is 5. The molecule has 1 aromatic heterocycles. The summed E-state index contributed by atoms with van der Waals surface area (Å²) in [5.74, 6) is -0.382. The molecule has 0 radical (unpaired) electrons. The molecule has 0 atom stereocenters. The van der Waals surface area contributed by atoms with Crippen LogP contribution in [0.3, 0.4) is 0 Å². The fourth-order valence-corrected chi connectivity index (χ4v) is 3.38. The molecule has 0 fully saturated rings. The summed E-state index contributed by atoms with van der Waals surface area (Å²) in [5, 5.41) is 2.54. The molecule has 0 unspecified atom stereocenters. The number of hydrogen-bond donors (Lipinski definition) is 2. The molecule has 94 valence electrons. The van der Waals surface area contributed by atoms with Crippen LogP contribution in [0.4, 0.5) is 5.69 Å². The maximum Gasteiger partial charge on any atom is 0.255 e. The predicted molar refractivity (Wildman–Crippen MR) is 73.1 cm³/mol. The van der Waals surface area contributed by atoms with Gasteiger partial charge in [0.2, 0.25) is 0 Å². The first-order chi connectivity index (χ1) is 7.93. The van der Waals surface area contributed by atoms with E-state index in [0.717, 1.165) is 4.21 Å². The van der Waals surface area contributed by atoms with Gasteiger partial charge in [-0.15, -0.1) is 23.1 Å². The number of nitrogens with one attached hydrogen (secondary N) is 1. The van der Waals surface area contributed by atoms with Crippen LogP contribution >= 0.6 is 23.1 Å². The van der Waals surface area contributed by atoms with E-state index in [-0.39, 0.29) is 17.6 Å². The lowest BCUT2D eigenvalue weighted by molar-refractivity contribution is 0.0944. The van der Waals surface area contributed by atoms with E-state index in [0.29, 0.717) is 16.1 Å². The molecule has 1 amide bonds. The summed E-state index contributed by atoms with van der Waals surface area (Å²) < 4.78 is 0.783. The van der Waals surface area contributed by atoms with Crippen LogP contribution in [-0.2, 0) is 0 Å². The third-order valence-electron chi connectivity index (χ3n) is 2.30. The lowest BCUT2D eigenvalue weighted by Gasteiger charge is -2.03. The SMILES string of the molecule is CNC(=O)c1c(SC)sc(C(=O)C(C)C)c1N. The summed E-state index contributed by atoms with van der Waals surface area (Å²) in [6.07, 6.45) is 1.86. The predicted octanol–water partition coefficient (Wildman–Crippen LogP) is 2.25. The lowest BCUT2D eigenvalue weighted by atomic mass is 10.1. The van der Waals surface area contributed by atoms with E-state index in [9.17, 15) is 9.59 Å². The molecule has 17 heavy (non-hydrogen) atoms. The van der Waals surface area contributed by atoms with Gasteiger partial charge in [0, 0.05) is 13.0 Å². The Morgan fingerprint density at radius 2 is 2.00 bits per heavy atom. The summed E-state index contributed by atoms with van der Waals surface area (Å²) in [7, 11) is 1.55. The third-order valence-corrected chi connectivity index (χ3v) is 4.64. The summed E-state index contributed by atoms with van der Waals surface area (Å²) in [5.41, 5.74) is 6.64. The molecule has 1 aromatic rings. The Labute approximate surface area is 109 Å². The van der Waals surface area contributed by atoms with Crippen LogP contribution in [0.5, 0.6) is 0 Å². The molecule has 1 heterocycles. The van der Waals surface area contributed by atoms with Crippen molar-refractivity contribution in [2.45, 2.75) is 18.1 Å². The zero-order valence-electron chi connectivity index (χ0n) is 10.3. The second kappa shape index (κ2) is 5.55. The first kappa shape index (κ1) is 14.1. The molecule has 0 aliphatic heterocycles. The third kappa shape index (κ3) is 2.63. The van der Waals surface area contributed by atoms with E-state index in [4.69, 9.17) is 5.73 Å². The monoisotopic (exact) mass is 272 g/mol. The fourth-order valence-electron chi connectivity index (χ4n) is 1.35. The number of nitrogen functional groups attached to an aromatic ring is 1. The van der Waals surface area contributed by atoms with Crippen LogP contribution in [0, 0.1) is 5.92 Å². The molecule has 0 bridgehead atoms. The van der Waals surface area contributed by atoms with Crippen LogP contribution in [0.25, 0.3) is 0 Å². The minimum absolute atomic E-state index is 0.0158. The van der Waals surface area contributed by atoms with E-state index >= 15 is 0 Å². The molecule has 0 saturated carbocycles. The normalized spacial score (nSPS) is 10.6. The van der Waals surface area contributed by atoms with Gasteiger partial charge >= 0.3 is 0 Å². The van der Waals surface area contributed by atoms with Crippen LogP contribution < -0.4 is 11.1 Å². The molecule has 6 heteroatoms. The van der Waals surface area contributed by atoms with Gasteiger partial charge in [0.15, 0.2) is 5.78 Å². The lowest BCUT2D eigenvalue weighted by Crippen LogP contribution is -2.19. The zero-order valence-corrected chi connectivity index (χ0v) is 11.9. The number of rotatable bonds is 4. The molecular weight excluding hydrogens is 256 g/mol. The van der Waals surface area contributed by atoms with Crippen LogP contribution in [-0.4, -0.2) is 25.0 Å². The van der Waals surface area contributed by atoms with Crippen molar-refractivity contribution in [3.8, 4) is 0 Å². The van der Waals surface area contributed by atoms with Gasteiger partial charge in [0.1, 0.15) is 0 Å². The summed E-state index contributed by atoms with van der Waals surface area (Å²) in [6.45, 7) is 3.64. The van der Waals surface area contributed by atoms with Gasteiger partial charge in [0.05, 0.1) is 20.3 Å². The molecule has 3 N–H and O–H groups in total. The minimum atomic E-state index is -0.245. The average molecular weight is 272 g/mol. The van der Waals surface area contributed by atoms with Gasteiger partial charge < -0.3 is 11.1 Å². The highest BCUT2D eigenvalue weighted by Crippen LogP contribution is 2.38. The largest absolute Gasteiger partial charge is 0.397 e. The van der Waals surface area contributed by atoms with Crippen molar-refractivity contribution in [3.05, 3.63) is 10.4 Å².